The first-order valence-corrected chi connectivity index (χ1v) is 6.33. The number of carbonyl (C=O) groups is 1. The highest BCUT2D eigenvalue weighted by atomic mass is 16.2. The number of carbonyl (C=O) groups excluding carboxylic acids is 1. The van der Waals surface area contributed by atoms with Crippen LogP contribution in [0, 0.1) is 0 Å². The van der Waals surface area contributed by atoms with Gasteiger partial charge in [0.05, 0.1) is 0 Å². The van der Waals surface area contributed by atoms with Gasteiger partial charge in [0.2, 0.25) is 0 Å². The second-order valence-corrected chi connectivity index (χ2v) is 4.75. The molecule has 0 unspecified atom stereocenters. The van der Waals surface area contributed by atoms with Crippen molar-refractivity contribution in [3.05, 3.63) is 0 Å². The summed E-state index contributed by atoms with van der Waals surface area (Å²) in [7, 11) is 8.10. The van der Waals surface area contributed by atoms with Crippen LogP contribution in [0.4, 0.5) is 4.79 Å². The Hall–Kier alpha value is -0.890. The lowest BCUT2D eigenvalue weighted by Gasteiger charge is -2.12. The molecular formula is C11H28N6O. The summed E-state index contributed by atoms with van der Waals surface area (Å²) in [4.78, 5) is 15.5. The summed E-state index contributed by atoms with van der Waals surface area (Å²) in [5.74, 6) is 0. The van der Waals surface area contributed by atoms with Crippen molar-refractivity contribution >= 4 is 6.03 Å². The van der Waals surface area contributed by atoms with Crippen LogP contribution >= 0.6 is 0 Å². The van der Waals surface area contributed by atoms with E-state index >= 15 is 0 Å². The van der Waals surface area contributed by atoms with Gasteiger partial charge in [0.15, 0.2) is 0 Å². The van der Waals surface area contributed by atoms with Crippen LogP contribution in [0.15, 0.2) is 0 Å². The molecule has 0 spiro atoms. The lowest BCUT2D eigenvalue weighted by Crippen LogP contribution is -2.50. The summed E-state index contributed by atoms with van der Waals surface area (Å²) in [5, 5.41) is 0. The van der Waals surface area contributed by atoms with Crippen molar-refractivity contribution in [1.82, 2.24) is 31.5 Å². The van der Waals surface area contributed by atoms with E-state index in [-0.39, 0.29) is 6.03 Å². The molecule has 0 fully saturated rings. The van der Waals surface area contributed by atoms with E-state index < -0.39 is 0 Å². The average Bonchev–Trinajstić information content (AvgIpc) is 2.27. The number of urea groups is 1. The molecule has 7 nitrogen and oxygen atoms in total. The van der Waals surface area contributed by atoms with Crippen LogP contribution in [0.1, 0.15) is 12.8 Å². The highest BCUT2D eigenvalue weighted by Gasteiger charge is 1.97. The van der Waals surface area contributed by atoms with Crippen LogP contribution in [-0.4, -0.2) is 70.2 Å². The fraction of sp³-hybridized carbons (Fsp3) is 0.909. The maximum absolute atomic E-state index is 11.3. The summed E-state index contributed by atoms with van der Waals surface area (Å²) < 4.78 is 0. The van der Waals surface area contributed by atoms with E-state index in [1.54, 1.807) is 0 Å². The van der Waals surface area contributed by atoms with E-state index in [4.69, 9.17) is 0 Å². The standard InChI is InChI=1S/C11H28N6O/c1-16(2)9-5-7-12-14-11(18)15-13-8-6-10-17(3)4/h12-13H,5-10H2,1-4H3,(H2,14,15,18). The first-order valence-electron chi connectivity index (χ1n) is 6.33. The van der Waals surface area contributed by atoms with Crippen LogP contribution in [0.25, 0.3) is 0 Å². The topological polar surface area (TPSA) is 71.7 Å². The smallest absolute Gasteiger partial charge is 0.309 e. The SMILES string of the molecule is CN(C)CCCNNC(=O)NNCCCN(C)C. The summed E-state index contributed by atoms with van der Waals surface area (Å²) in [6.07, 6.45) is 1.98. The molecule has 0 bridgehead atoms. The van der Waals surface area contributed by atoms with Gasteiger partial charge in [-0.15, -0.1) is 0 Å². The van der Waals surface area contributed by atoms with Crippen molar-refractivity contribution < 1.29 is 4.79 Å². The van der Waals surface area contributed by atoms with E-state index in [1.807, 2.05) is 28.2 Å². The Kier molecular flexibility index (Phi) is 10.7. The monoisotopic (exact) mass is 260 g/mol. The first kappa shape index (κ1) is 17.1. The molecule has 0 atom stereocenters. The minimum Gasteiger partial charge on any atom is -0.309 e. The van der Waals surface area contributed by atoms with Crippen LogP contribution in [0.3, 0.4) is 0 Å². The Bertz CT molecular complexity index is 190. The van der Waals surface area contributed by atoms with Crippen LogP contribution in [-0.2, 0) is 0 Å². The van der Waals surface area contributed by atoms with Crippen molar-refractivity contribution in [1.29, 1.82) is 0 Å². The Balaban J connectivity index is 3.22. The molecule has 0 aromatic rings. The molecule has 7 heteroatoms. The molecule has 108 valence electrons. The third-order valence-electron chi connectivity index (χ3n) is 2.22. The minimum atomic E-state index is -0.260. The lowest BCUT2D eigenvalue weighted by molar-refractivity contribution is 0.231. The number of nitrogens with one attached hydrogen (secondary N) is 4. The summed E-state index contributed by atoms with van der Waals surface area (Å²) in [5.41, 5.74) is 10.9. The summed E-state index contributed by atoms with van der Waals surface area (Å²) in [6.45, 7) is 3.51. The Labute approximate surface area is 110 Å². The lowest BCUT2D eigenvalue weighted by atomic mass is 10.4. The molecular weight excluding hydrogens is 232 g/mol. The van der Waals surface area contributed by atoms with Gasteiger partial charge in [-0.1, -0.05) is 0 Å². The molecule has 0 heterocycles. The molecule has 0 saturated carbocycles. The zero-order valence-corrected chi connectivity index (χ0v) is 12.0. The van der Waals surface area contributed by atoms with E-state index in [2.05, 4.69) is 31.5 Å². The first-order chi connectivity index (χ1) is 8.52. The fourth-order valence-corrected chi connectivity index (χ4v) is 1.28. The van der Waals surface area contributed by atoms with E-state index in [9.17, 15) is 4.79 Å². The zero-order valence-electron chi connectivity index (χ0n) is 12.0. The molecule has 0 aliphatic rings. The molecule has 18 heavy (non-hydrogen) atoms. The molecule has 0 aromatic heterocycles. The molecule has 0 saturated heterocycles. The molecule has 0 rings (SSSR count). The number of nitrogens with zero attached hydrogens (tertiary/aromatic N) is 2. The summed E-state index contributed by atoms with van der Waals surface area (Å²) in [6, 6.07) is -0.260. The van der Waals surface area contributed by atoms with Gasteiger partial charge in [-0.3, -0.25) is 10.9 Å². The zero-order chi connectivity index (χ0) is 13.8. The fourth-order valence-electron chi connectivity index (χ4n) is 1.28. The third kappa shape index (κ3) is 13.2. The van der Waals surface area contributed by atoms with Gasteiger partial charge in [0.25, 0.3) is 0 Å². The molecule has 0 aliphatic heterocycles. The van der Waals surface area contributed by atoms with Gasteiger partial charge in [-0.2, -0.15) is 0 Å². The Morgan fingerprint density at radius 2 is 1.22 bits per heavy atom. The van der Waals surface area contributed by atoms with Gasteiger partial charge >= 0.3 is 6.03 Å². The van der Waals surface area contributed by atoms with Crippen molar-refractivity contribution in [2.24, 2.45) is 0 Å². The van der Waals surface area contributed by atoms with Crippen LogP contribution in [0.5, 0.6) is 0 Å². The van der Waals surface area contributed by atoms with Gasteiger partial charge in [-0.05, 0) is 54.1 Å². The number of rotatable bonds is 10. The largest absolute Gasteiger partial charge is 0.343 e. The van der Waals surface area contributed by atoms with Crippen LogP contribution in [0.2, 0.25) is 0 Å². The quantitative estimate of drug-likeness (QED) is 0.306. The number of hydrogen-bond acceptors (Lipinski definition) is 5. The minimum absolute atomic E-state index is 0.260. The number of hydrazine groups is 2. The van der Waals surface area contributed by atoms with Gasteiger partial charge in [-0.25, -0.2) is 15.6 Å². The molecule has 0 radical (unpaired) electrons. The maximum atomic E-state index is 11.3. The van der Waals surface area contributed by atoms with Crippen molar-refractivity contribution in [3.63, 3.8) is 0 Å². The normalized spacial score (nSPS) is 11.0. The Morgan fingerprint density at radius 3 is 1.56 bits per heavy atom. The molecule has 0 aliphatic carbocycles. The van der Waals surface area contributed by atoms with E-state index in [1.165, 1.54) is 0 Å². The van der Waals surface area contributed by atoms with Crippen molar-refractivity contribution in [2.45, 2.75) is 12.8 Å². The van der Waals surface area contributed by atoms with E-state index in [0.29, 0.717) is 0 Å². The predicted molar refractivity (Wildman–Crippen MR) is 74.0 cm³/mol. The number of amides is 2. The molecule has 0 aromatic carbocycles. The predicted octanol–water partition coefficient (Wildman–Crippen LogP) is -0.802. The average molecular weight is 260 g/mol. The highest BCUT2D eigenvalue weighted by Crippen LogP contribution is 1.80. The molecule has 4 N–H and O–H groups in total. The van der Waals surface area contributed by atoms with Gasteiger partial charge < -0.3 is 9.80 Å². The Morgan fingerprint density at radius 1 is 0.833 bits per heavy atom. The highest BCUT2D eigenvalue weighted by molar-refractivity contribution is 5.72. The van der Waals surface area contributed by atoms with Crippen LogP contribution < -0.4 is 21.7 Å². The van der Waals surface area contributed by atoms with Crippen molar-refractivity contribution in [3.8, 4) is 0 Å². The molecule has 2 amide bonds. The summed E-state index contributed by atoms with van der Waals surface area (Å²) >= 11 is 0. The second kappa shape index (κ2) is 11.2. The van der Waals surface area contributed by atoms with Gasteiger partial charge in [0.1, 0.15) is 0 Å². The third-order valence-corrected chi connectivity index (χ3v) is 2.22. The van der Waals surface area contributed by atoms with Gasteiger partial charge in [0, 0.05) is 13.1 Å². The maximum Gasteiger partial charge on any atom is 0.343 e. The van der Waals surface area contributed by atoms with E-state index in [0.717, 1.165) is 39.0 Å². The second-order valence-electron chi connectivity index (χ2n) is 4.75. The number of hydrogen-bond donors (Lipinski definition) is 4. The van der Waals surface area contributed by atoms with Crippen molar-refractivity contribution in [2.75, 3.05) is 54.4 Å².